The molecule has 4 N–H and O–H groups in total. The summed E-state index contributed by atoms with van der Waals surface area (Å²) in [5, 5.41) is 13.1. The highest BCUT2D eigenvalue weighted by Crippen LogP contribution is 2.17. The highest BCUT2D eigenvalue weighted by atomic mass is 16.5. The van der Waals surface area contributed by atoms with Gasteiger partial charge in [0.25, 0.3) is 0 Å². The number of hydrogen-bond acceptors (Lipinski definition) is 10. The monoisotopic (exact) mass is 1280 g/mol. The number of nitrogens with one attached hydrogen (secondary N) is 4. The van der Waals surface area contributed by atoms with Crippen LogP contribution in [0.5, 0.6) is 0 Å². The van der Waals surface area contributed by atoms with Crippen molar-refractivity contribution in [1.82, 2.24) is 21.3 Å². The summed E-state index contributed by atoms with van der Waals surface area (Å²) in [5.41, 5.74) is 0. The molecule has 5 heterocycles. The summed E-state index contributed by atoms with van der Waals surface area (Å²) < 4.78 is 16.3. The first-order valence-corrected chi connectivity index (χ1v) is 38.5. The van der Waals surface area contributed by atoms with Crippen molar-refractivity contribution in [2.24, 2.45) is 0 Å². The van der Waals surface area contributed by atoms with E-state index < -0.39 is 0 Å². The van der Waals surface area contributed by atoms with E-state index in [0.717, 1.165) is 142 Å². The quantitative estimate of drug-likeness (QED) is 0.149. The topological polar surface area (TPSA) is 161 Å². The number of ether oxygens (including phenoxy) is 3. The highest BCUT2D eigenvalue weighted by Gasteiger charge is 2.12. The molecule has 5 aliphatic heterocycles. The molecule has 0 aromatic heterocycles. The molecule has 5 rings (SSSR count). The minimum Gasteiger partial charge on any atom is -0.466 e. The Balaban J connectivity index is 0.000000569. The largest absolute Gasteiger partial charge is 0.466 e. The van der Waals surface area contributed by atoms with Crippen LogP contribution in [0.25, 0.3) is 0 Å². The van der Waals surface area contributed by atoms with Gasteiger partial charge in [0.1, 0.15) is 12.4 Å². The van der Waals surface area contributed by atoms with E-state index in [4.69, 9.17) is 14.2 Å². The molecule has 12 heteroatoms. The van der Waals surface area contributed by atoms with Crippen molar-refractivity contribution in [2.75, 3.05) is 46.0 Å². The van der Waals surface area contributed by atoms with E-state index in [0.29, 0.717) is 76.0 Å². The molecule has 0 spiro atoms. The maximum atomic E-state index is 11.7. The van der Waals surface area contributed by atoms with Gasteiger partial charge < -0.3 is 35.5 Å². The Morgan fingerprint density at radius 1 is 0.319 bits per heavy atom. The normalized spacial score (nSPS) is 25.3. The lowest BCUT2D eigenvalue weighted by Crippen LogP contribution is -2.32. The smallest absolute Gasteiger partial charge is 0.305 e. The van der Waals surface area contributed by atoms with E-state index in [-0.39, 0.29) is 23.8 Å². The van der Waals surface area contributed by atoms with Gasteiger partial charge in [0.05, 0.1) is 19.3 Å². The molecular weight excluding hydrogens is 1130 g/mol. The predicted molar refractivity (Wildman–Crippen MR) is 384 cm³/mol. The third kappa shape index (κ3) is 63.3. The van der Waals surface area contributed by atoms with Crippen LogP contribution in [0.1, 0.15) is 348 Å². The summed E-state index contributed by atoms with van der Waals surface area (Å²) >= 11 is 0. The van der Waals surface area contributed by atoms with Gasteiger partial charge in [-0.2, -0.15) is 0 Å². The molecule has 0 bridgehead atoms. The van der Waals surface area contributed by atoms with Crippen LogP contribution in [0, 0.1) is 0 Å². The summed E-state index contributed by atoms with van der Waals surface area (Å²) in [6.07, 6.45) is 80.3. The van der Waals surface area contributed by atoms with E-state index in [1.54, 1.807) is 0 Å². The fourth-order valence-electron chi connectivity index (χ4n) is 11.9. The van der Waals surface area contributed by atoms with Crippen LogP contribution < -0.4 is 21.3 Å². The minimum atomic E-state index is -0.0582. The molecule has 12 nitrogen and oxygen atoms in total. The molecule has 3 atom stereocenters. The fraction of sp³-hybridized carbons (Fsp3) is 0.810. The van der Waals surface area contributed by atoms with Gasteiger partial charge in [-0.3, -0.25) is 24.0 Å². The molecule has 0 aliphatic carbocycles. The molecule has 0 aromatic carbocycles. The molecular formula is C79H142N4O8. The number of Topliss-reactive ketones (excluding diaryl/α,β-unsaturated/α-hetero) is 1. The Kier molecular flexibility index (Phi) is 64.5. The zero-order valence-electron chi connectivity index (χ0n) is 59.3. The van der Waals surface area contributed by atoms with Crippen LogP contribution >= 0.6 is 0 Å². The number of ketones is 1. The Morgan fingerprint density at radius 2 is 0.681 bits per heavy atom. The first kappa shape index (κ1) is 85.1. The number of allylic oxidation sites excluding steroid dienone is 10. The molecule has 0 saturated carbocycles. The summed E-state index contributed by atoms with van der Waals surface area (Å²) in [6, 6.07) is 1.24. The minimum absolute atomic E-state index is 0.0227. The lowest BCUT2D eigenvalue weighted by Gasteiger charge is -2.17. The second kappa shape index (κ2) is 69.0. The van der Waals surface area contributed by atoms with Crippen LogP contribution in [-0.2, 0) is 38.2 Å². The van der Waals surface area contributed by atoms with Gasteiger partial charge in [-0.1, -0.05) is 184 Å². The fourth-order valence-corrected chi connectivity index (χ4v) is 11.9. The molecule has 5 aliphatic rings. The molecule has 91 heavy (non-hydrogen) atoms. The highest BCUT2D eigenvalue weighted by molar-refractivity contribution is 5.78. The first-order chi connectivity index (χ1) is 44.8. The Bertz CT molecular complexity index is 1650. The Labute approximate surface area is 559 Å². The summed E-state index contributed by atoms with van der Waals surface area (Å²) in [7, 11) is 0. The Morgan fingerprint density at radius 3 is 1.16 bits per heavy atom. The van der Waals surface area contributed by atoms with E-state index >= 15 is 0 Å². The average Bonchev–Trinajstić information content (AvgIpc) is 3.60. The van der Waals surface area contributed by atoms with Crippen molar-refractivity contribution in [3.63, 3.8) is 0 Å². The lowest BCUT2D eigenvalue weighted by atomic mass is 10.0. The maximum Gasteiger partial charge on any atom is 0.305 e. The third-order valence-corrected chi connectivity index (χ3v) is 17.4. The van der Waals surface area contributed by atoms with Crippen molar-refractivity contribution >= 4 is 29.5 Å². The molecule has 0 aromatic rings. The maximum absolute atomic E-state index is 11.7. The standard InChI is InChI=1S/C17H31NO.2C16H29NO2.C15H27NO.C15H26O2/c1-2-11-16-12-8-6-4-3-5-7-9-13-17(19)14-10-15-18-16;1-2-10-15-11-8-6-4-3-5-7-9-12-16(18)17-13-14-19-15;1-2-10-15-11-8-6-4-3-5-7-9-12-16(18)19-14-13-17-15;17-15-13-11-9-7-5-3-1-2-4-6-8-10-12-14-16-15;16-15-13-11-9-7-5-3-1-2-4-6-8-10-12-14-17-15/h3,5,16,18H,2,4,6-15H2,1H3;3,5,15H,2,4,6-14H2,1H3,(H,17,18);3,5,15,17H,2,4,6-14H2,1H3;5,7H,1-4,6,8-14H2,(H,16,17);5,7H,1-4,6,8-14H2/b3*5-3-;2*7-5-. The van der Waals surface area contributed by atoms with E-state index in [2.05, 4.69) is 103 Å². The Hall–Kier alpha value is -3.87. The van der Waals surface area contributed by atoms with Crippen LogP contribution in [-0.4, -0.2) is 93.7 Å². The number of rotatable bonds is 6. The number of cyclic esters (lactones) is 2. The van der Waals surface area contributed by atoms with Crippen LogP contribution in [0.2, 0.25) is 0 Å². The summed E-state index contributed by atoms with van der Waals surface area (Å²) in [6.45, 7) is 11.8. The van der Waals surface area contributed by atoms with Crippen molar-refractivity contribution in [3.05, 3.63) is 60.8 Å². The van der Waals surface area contributed by atoms with Crippen LogP contribution in [0.4, 0.5) is 0 Å². The summed E-state index contributed by atoms with van der Waals surface area (Å²) in [5.74, 6) is 0.740. The lowest BCUT2D eigenvalue weighted by molar-refractivity contribution is -0.144. The zero-order valence-corrected chi connectivity index (χ0v) is 59.3. The van der Waals surface area contributed by atoms with Crippen LogP contribution in [0.3, 0.4) is 0 Å². The predicted octanol–water partition coefficient (Wildman–Crippen LogP) is 19.9. The molecule has 0 saturated heterocycles. The SMILES string of the molecule is CCCC1CCCC/C=C\CCCC(=O)CCCN1.CCCC1CCCC/C=C\CCCC(=O)NCCO1.CCCC1CCCC/C=C\CCCC(=O)OCCN1.O=C1CCC/C=C\CCCCCCCCCN1.O=C1CCC/C=C\CCCCCCCCCO1. The van der Waals surface area contributed by atoms with Crippen LogP contribution in [0.15, 0.2) is 60.8 Å². The number of carbonyl (C=O) groups is 5. The second-order valence-corrected chi connectivity index (χ2v) is 26.1. The van der Waals surface area contributed by atoms with Crippen molar-refractivity contribution in [1.29, 1.82) is 0 Å². The van der Waals surface area contributed by atoms with Gasteiger partial charge in [-0.05, 0) is 193 Å². The van der Waals surface area contributed by atoms with E-state index in [1.165, 1.54) is 180 Å². The number of carbonyl (C=O) groups excluding carboxylic acids is 5. The second-order valence-electron chi connectivity index (χ2n) is 26.1. The van der Waals surface area contributed by atoms with E-state index in [9.17, 15) is 24.0 Å². The van der Waals surface area contributed by atoms with Gasteiger partial charge in [0.15, 0.2) is 0 Å². The van der Waals surface area contributed by atoms with Gasteiger partial charge in [-0.25, -0.2) is 0 Å². The number of esters is 2. The van der Waals surface area contributed by atoms with Gasteiger partial charge >= 0.3 is 11.9 Å². The first-order valence-electron chi connectivity index (χ1n) is 38.5. The van der Waals surface area contributed by atoms with E-state index in [1.807, 2.05) is 0 Å². The van der Waals surface area contributed by atoms with Crippen molar-refractivity contribution < 1.29 is 38.2 Å². The molecule has 2 amide bonds. The van der Waals surface area contributed by atoms with Crippen molar-refractivity contribution in [2.45, 2.75) is 366 Å². The average molecular weight is 1280 g/mol. The zero-order chi connectivity index (χ0) is 65.7. The van der Waals surface area contributed by atoms with Gasteiger partial charge in [0.2, 0.25) is 11.8 Å². The number of amides is 2. The van der Waals surface area contributed by atoms with Crippen molar-refractivity contribution in [3.8, 4) is 0 Å². The summed E-state index contributed by atoms with van der Waals surface area (Å²) in [4.78, 5) is 57.4. The molecule has 0 radical (unpaired) electrons. The molecule has 3 unspecified atom stereocenters. The van der Waals surface area contributed by atoms with Gasteiger partial charge in [-0.15, -0.1) is 0 Å². The van der Waals surface area contributed by atoms with Gasteiger partial charge in [0, 0.05) is 70.2 Å². The molecule has 526 valence electrons. The molecule has 0 fully saturated rings. The number of hydrogen-bond donors (Lipinski definition) is 4. The third-order valence-electron chi connectivity index (χ3n) is 17.4.